The summed E-state index contributed by atoms with van der Waals surface area (Å²) in [6.07, 6.45) is 0.545. The Balaban J connectivity index is 1.27. The number of amides is 2. The molecule has 3 N–H and O–H groups in total. The average molecular weight is 658 g/mol. The molecular formula is C37H44FN5O5. The predicted molar refractivity (Wildman–Crippen MR) is 182 cm³/mol. The van der Waals surface area contributed by atoms with Crippen LogP contribution >= 0.6 is 0 Å². The molecule has 0 aliphatic carbocycles. The lowest BCUT2D eigenvalue weighted by Crippen LogP contribution is -2.62. The van der Waals surface area contributed by atoms with Crippen molar-refractivity contribution in [2.75, 3.05) is 62.7 Å². The van der Waals surface area contributed by atoms with Gasteiger partial charge >= 0.3 is 5.97 Å². The quantitative estimate of drug-likeness (QED) is 0.319. The van der Waals surface area contributed by atoms with Crippen LogP contribution in [0.25, 0.3) is 0 Å². The molecule has 2 amide bonds. The smallest absolute Gasteiger partial charge is 0.335 e. The summed E-state index contributed by atoms with van der Waals surface area (Å²) in [4.78, 5) is 46.1. The van der Waals surface area contributed by atoms with Gasteiger partial charge in [-0.3, -0.25) is 19.4 Å². The lowest BCUT2D eigenvalue weighted by molar-refractivity contribution is -0.122. The van der Waals surface area contributed by atoms with E-state index in [2.05, 4.69) is 34.3 Å². The SMILES string of the molecule is C[C@@H]1CN(CC(=O)N2CC(C)(C(=O)Nc3ccc(C(=O)O)cc3)c3ccc(Cc4ccc(F)cc4)cc32)[C@@H](CN2CCOC[C@H]2C)CN1. The van der Waals surface area contributed by atoms with Crippen LogP contribution in [-0.2, 0) is 26.2 Å². The van der Waals surface area contributed by atoms with Crippen LogP contribution in [0, 0.1) is 5.82 Å². The molecule has 48 heavy (non-hydrogen) atoms. The molecule has 2 saturated heterocycles. The Hall–Kier alpha value is -4.16. The molecule has 254 valence electrons. The maximum absolute atomic E-state index is 14.4. The Morgan fingerprint density at radius 3 is 2.46 bits per heavy atom. The number of carboxylic acids is 1. The van der Waals surface area contributed by atoms with Crippen LogP contribution in [0.1, 0.15) is 47.8 Å². The van der Waals surface area contributed by atoms with Crippen LogP contribution in [0.4, 0.5) is 15.8 Å². The second kappa shape index (κ2) is 14.1. The molecule has 6 rings (SSSR count). The first kappa shape index (κ1) is 33.7. The van der Waals surface area contributed by atoms with Crippen LogP contribution in [0.2, 0.25) is 0 Å². The molecule has 3 aliphatic heterocycles. The number of benzene rings is 3. The molecular weight excluding hydrogens is 613 g/mol. The molecule has 4 atom stereocenters. The zero-order chi connectivity index (χ0) is 34.0. The Labute approximate surface area is 280 Å². The molecule has 11 heteroatoms. The van der Waals surface area contributed by atoms with E-state index in [1.165, 1.54) is 24.3 Å². The summed E-state index contributed by atoms with van der Waals surface area (Å²) in [5.74, 6) is -1.71. The fraction of sp³-hybridized carbons (Fsp3) is 0.432. The minimum Gasteiger partial charge on any atom is -0.478 e. The lowest BCUT2D eigenvalue weighted by atomic mass is 9.83. The number of ether oxygens (including phenoxy) is 1. The molecule has 0 saturated carbocycles. The number of aromatic carboxylic acids is 1. The highest BCUT2D eigenvalue weighted by molar-refractivity contribution is 6.07. The van der Waals surface area contributed by atoms with Crippen LogP contribution in [-0.4, -0.2) is 103 Å². The van der Waals surface area contributed by atoms with Gasteiger partial charge in [0.1, 0.15) is 5.82 Å². The van der Waals surface area contributed by atoms with Gasteiger partial charge in [0.15, 0.2) is 0 Å². The normalized spacial score (nSPS) is 24.7. The first-order valence-corrected chi connectivity index (χ1v) is 16.6. The molecule has 3 aromatic rings. The number of carboxylic acid groups (broad SMARTS) is 1. The highest BCUT2D eigenvalue weighted by atomic mass is 19.1. The topological polar surface area (TPSA) is 114 Å². The average Bonchev–Trinajstić information content (AvgIpc) is 3.37. The van der Waals surface area contributed by atoms with Crippen molar-refractivity contribution in [1.29, 1.82) is 0 Å². The minimum absolute atomic E-state index is 0.0772. The number of morpholine rings is 1. The summed E-state index contributed by atoms with van der Waals surface area (Å²) in [5.41, 5.74) is 2.85. The lowest BCUT2D eigenvalue weighted by Gasteiger charge is -2.43. The van der Waals surface area contributed by atoms with Crippen molar-refractivity contribution in [2.24, 2.45) is 0 Å². The van der Waals surface area contributed by atoms with Gasteiger partial charge in [-0.05, 0) is 86.3 Å². The number of fused-ring (bicyclic) bond motifs is 1. The van der Waals surface area contributed by atoms with Gasteiger partial charge in [0.05, 0.1) is 30.7 Å². The zero-order valence-electron chi connectivity index (χ0n) is 27.7. The highest BCUT2D eigenvalue weighted by Crippen LogP contribution is 2.42. The predicted octanol–water partition coefficient (Wildman–Crippen LogP) is 3.74. The van der Waals surface area contributed by atoms with Crippen molar-refractivity contribution in [3.05, 3.63) is 94.8 Å². The molecule has 0 spiro atoms. The van der Waals surface area contributed by atoms with Crippen molar-refractivity contribution < 1.29 is 28.6 Å². The summed E-state index contributed by atoms with van der Waals surface area (Å²) in [5, 5.41) is 15.8. The number of halogens is 1. The Morgan fingerprint density at radius 2 is 1.75 bits per heavy atom. The number of hydrogen-bond donors (Lipinski definition) is 3. The number of rotatable bonds is 9. The molecule has 0 bridgehead atoms. The van der Waals surface area contributed by atoms with E-state index in [1.54, 1.807) is 29.2 Å². The third kappa shape index (κ3) is 7.29. The van der Waals surface area contributed by atoms with E-state index < -0.39 is 11.4 Å². The van der Waals surface area contributed by atoms with Crippen molar-refractivity contribution in [2.45, 2.75) is 50.7 Å². The molecule has 1 unspecified atom stereocenters. The van der Waals surface area contributed by atoms with Gasteiger partial charge in [0, 0.05) is 62.2 Å². The van der Waals surface area contributed by atoms with Gasteiger partial charge in [0.2, 0.25) is 11.8 Å². The van der Waals surface area contributed by atoms with Crippen molar-refractivity contribution in [1.82, 2.24) is 15.1 Å². The maximum atomic E-state index is 14.4. The van der Waals surface area contributed by atoms with Crippen LogP contribution in [0.3, 0.4) is 0 Å². The summed E-state index contributed by atoms with van der Waals surface area (Å²) in [6.45, 7) is 11.1. The third-order valence-corrected chi connectivity index (χ3v) is 9.95. The molecule has 0 aromatic heterocycles. The third-order valence-electron chi connectivity index (χ3n) is 9.95. The number of carbonyl (C=O) groups is 3. The van der Waals surface area contributed by atoms with Gasteiger partial charge < -0.3 is 25.4 Å². The van der Waals surface area contributed by atoms with Gasteiger partial charge in [-0.2, -0.15) is 0 Å². The van der Waals surface area contributed by atoms with Crippen LogP contribution in [0.5, 0.6) is 0 Å². The van der Waals surface area contributed by atoms with Crippen LogP contribution in [0.15, 0.2) is 66.7 Å². The molecule has 2 fully saturated rings. The zero-order valence-corrected chi connectivity index (χ0v) is 27.7. The first-order chi connectivity index (χ1) is 23.0. The molecule has 10 nitrogen and oxygen atoms in total. The Bertz CT molecular complexity index is 1650. The van der Waals surface area contributed by atoms with Gasteiger partial charge in [0.25, 0.3) is 0 Å². The Kier molecular flexibility index (Phi) is 9.93. The van der Waals surface area contributed by atoms with Crippen LogP contribution < -0.4 is 15.5 Å². The number of carbonyl (C=O) groups excluding carboxylic acids is 2. The standard InChI is InChI=1S/C37H44FN5O5/c1-24-19-42(31(18-39-24)20-41-14-15-48-22-25(41)2)21-34(44)43-23-37(3,36(47)40-30-11-7-28(8-12-30)35(45)46)32-13-6-27(17-33(32)43)16-26-4-9-29(38)10-5-26/h4-13,17,24-25,31,39H,14-16,18-23H2,1-3H3,(H,40,47)(H,45,46)/t24-,25-,31-,37?/m1/s1. The van der Waals surface area contributed by atoms with E-state index in [0.717, 1.165) is 42.9 Å². The summed E-state index contributed by atoms with van der Waals surface area (Å²) < 4.78 is 19.2. The van der Waals surface area contributed by atoms with E-state index in [4.69, 9.17) is 4.74 Å². The number of piperazine rings is 1. The molecule has 3 heterocycles. The minimum atomic E-state index is -1.07. The summed E-state index contributed by atoms with van der Waals surface area (Å²) >= 11 is 0. The number of nitrogens with zero attached hydrogens (tertiary/aromatic N) is 3. The number of hydrogen-bond acceptors (Lipinski definition) is 7. The van der Waals surface area contributed by atoms with Crippen molar-refractivity contribution in [3.63, 3.8) is 0 Å². The van der Waals surface area contributed by atoms with Gasteiger partial charge in [-0.15, -0.1) is 0 Å². The second-order valence-corrected chi connectivity index (χ2v) is 13.6. The van der Waals surface area contributed by atoms with E-state index in [0.29, 0.717) is 37.1 Å². The molecule has 3 aromatic carbocycles. The van der Waals surface area contributed by atoms with Gasteiger partial charge in [-0.1, -0.05) is 24.3 Å². The molecule has 0 radical (unpaired) electrons. The highest BCUT2D eigenvalue weighted by Gasteiger charge is 2.47. The molecule has 3 aliphatic rings. The van der Waals surface area contributed by atoms with Crippen molar-refractivity contribution >= 4 is 29.2 Å². The van der Waals surface area contributed by atoms with Crippen molar-refractivity contribution in [3.8, 4) is 0 Å². The fourth-order valence-electron chi connectivity index (χ4n) is 7.05. The largest absolute Gasteiger partial charge is 0.478 e. The Morgan fingerprint density at radius 1 is 1.02 bits per heavy atom. The maximum Gasteiger partial charge on any atom is 0.335 e. The number of nitrogens with one attached hydrogen (secondary N) is 2. The fourth-order valence-corrected chi connectivity index (χ4v) is 7.05. The monoisotopic (exact) mass is 657 g/mol. The summed E-state index contributed by atoms with van der Waals surface area (Å²) in [7, 11) is 0. The van der Waals surface area contributed by atoms with E-state index in [1.807, 2.05) is 25.1 Å². The van der Waals surface area contributed by atoms with Gasteiger partial charge in [-0.25, -0.2) is 9.18 Å². The first-order valence-electron chi connectivity index (χ1n) is 16.6. The van der Waals surface area contributed by atoms with E-state index >= 15 is 0 Å². The second-order valence-electron chi connectivity index (χ2n) is 13.6. The number of anilines is 2. The van der Waals surface area contributed by atoms with E-state index in [-0.39, 0.29) is 48.4 Å². The van der Waals surface area contributed by atoms with E-state index in [9.17, 15) is 23.9 Å². The summed E-state index contributed by atoms with van der Waals surface area (Å²) in [6, 6.07) is 18.9.